The van der Waals surface area contributed by atoms with E-state index in [2.05, 4.69) is 5.16 Å². The molecule has 1 aliphatic rings. The van der Waals surface area contributed by atoms with Crippen LogP contribution in [0, 0.1) is 13.8 Å². The Kier molecular flexibility index (Phi) is 5.70. The number of rotatable bonds is 5. The normalized spacial score (nSPS) is 19.8. The minimum Gasteiger partial charge on any atom is -0.493 e. The van der Waals surface area contributed by atoms with Crippen LogP contribution in [0.5, 0.6) is 11.5 Å². The molecule has 0 bridgehead atoms. The van der Waals surface area contributed by atoms with E-state index in [1.54, 1.807) is 25.3 Å². The number of nitrogens with zero attached hydrogens (tertiary/aromatic N) is 2. The van der Waals surface area contributed by atoms with Crippen molar-refractivity contribution in [3.8, 4) is 11.5 Å². The van der Waals surface area contributed by atoms with E-state index in [1.807, 2.05) is 32.6 Å². The van der Waals surface area contributed by atoms with E-state index in [0.29, 0.717) is 36.8 Å². The van der Waals surface area contributed by atoms with Gasteiger partial charge < -0.3 is 23.6 Å². The van der Waals surface area contributed by atoms with Gasteiger partial charge in [0, 0.05) is 18.7 Å². The lowest BCUT2D eigenvalue weighted by atomic mass is 10.1. The number of aryl methyl sites for hydroxylation is 2. The van der Waals surface area contributed by atoms with Gasteiger partial charge in [-0.2, -0.15) is 0 Å². The summed E-state index contributed by atoms with van der Waals surface area (Å²) in [6.07, 6.45) is 0.0505. The van der Waals surface area contributed by atoms with Gasteiger partial charge in [0.15, 0.2) is 11.5 Å². The quantitative estimate of drug-likeness (QED) is 0.800. The fourth-order valence-electron chi connectivity index (χ4n) is 3.30. The maximum atomic E-state index is 12.9. The number of ether oxygens (including phenoxy) is 3. The highest BCUT2D eigenvalue weighted by molar-refractivity contribution is 5.95. The number of amides is 1. The highest BCUT2D eigenvalue weighted by atomic mass is 16.5. The first-order valence-electron chi connectivity index (χ1n) is 9.06. The number of morpholine rings is 1. The van der Waals surface area contributed by atoms with Crippen molar-refractivity contribution >= 4 is 5.91 Å². The molecule has 3 rings (SSSR count). The zero-order valence-corrected chi connectivity index (χ0v) is 16.4. The predicted octanol–water partition coefficient (Wildman–Crippen LogP) is 3.13. The van der Waals surface area contributed by atoms with Crippen LogP contribution in [0.15, 0.2) is 22.7 Å². The molecule has 0 saturated carbocycles. The SMILES string of the molecule is COc1cc(C(=O)N2C[C@@H](C)O[C@H](C)C2)ccc1OCc1c(C)noc1C. The summed E-state index contributed by atoms with van der Waals surface area (Å²) < 4.78 is 22.2. The number of hydrogen-bond donors (Lipinski definition) is 0. The van der Waals surface area contributed by atoms with Crippen LogP contribution in [0.4, 0.5) is 0 Å². The van der Waals surface area contributed by atoms with Crippen LogP contribution in [0.25, 0.3) is 0 Å². The monoisotopic (exact) mass is 374 g/mol. The number of methoxy groups -OCH3 is 1. The molecule has 7 nitrogen and oxygen atoms in total. The van der Waals surface area contributed by atoms with Gasteiger partial charge in [-0.25, -0.2) is 0 Å². The second-order valence-electron chi connectivity index (χ2n) is 6.92. The second kappa shape index (κ2) is 8.00. The lowest BCUT2D eigenvalue weighted by Crippen LogP contribution is -2.48. The Balaban J connectivity index is 1.74. The molecule has 0 spiro atoms. The first-order valence-corrected chi connectivity index (χ1v) is 9.06. The number of aromatic nitrogens is 1. The van der Waals surface area contributed by atoms with Crippen molar-refractivity contribution in [1.82, 2.24) is 10.1 Å². The van der Waals surface area contributed by atoms with Gasteiger partial charge in [0.1, 0.15) is 12.4 Å². The van der Waals surface area contributed by atoms with Crippen LogP contribution in [-0.2, 0) is 11.3 Å². The molecular weight excluding hydrogens is 348 g/mol. The smallest absolute Gasteiger partial charge is 0.254 e. The maximum absolute atomic E-state index is 12.9. The maximum Gasteiger partial charge on any atom is 0.254 e. The summed E-state index contributed by atoms with van der Waals surface area (Å²) in [5.41, 5.74) is 2.28. The van der Waals surface area contributed by atoms with Crippen molar-refractivity contribution in [2.75, 3.05) is 20.2 Å². The van der Waals surface area contributed by atoms with Gasteiger partial charge in [-0.3, -0.25) is 4.79 Å². The fourth-order valence-corrected chi connectivity index (χ4v) is 3.30. The van der Waals surface area contributed by atoms with Crippen molar-refractivity contribution in [2.45, 2.75) is 46.5 Å². The topological polar surface area (TPSA) is 74.0 Å². The van der Waals surface area contributed by atoms with Gasteiger partial charge in [-0.05, 0) is 45.9 Å². The van der Waals surface area contributed by atoms with Crippen LogP contribution in [0.3, 0.4) is 0 Å². The predicted molar refractivity (Wildman–Crippen MR) is 99.2 cm³/mol. The first kappa shape index (κ1) is 19.2. The average molecular weight is 374 g/mol. The van der Waals surface area contributed by atoms with Gasteiger partial charge in [0.05, 0.1) is 30.6 Å². The van der Waals surface area contributed by atoms with Crippen molar-refractivity contribution in [1.29, 1.82) is 0 Å². The third-order valence-electron chi connectivity index (χ3n) is 4.67. The van der Waals surface area contributed by atoms with Gasteiger partial charge in [-0.1, -0.05) is 5.16 Å². The summed E-state index contributed by atoms with van der Waals surface area (Å²) in [6.45, 7) is 9.15. The average Bonchev–Trinajstić information content (AvgIpc) is 2.96. The van der Waals surface area contributed by atoms with E-state index in [1.165, 1.54) is 0 Å². The molecule has 0 aliphatic carbocycles. The number of benzene rings is 1. The van der Waals surface area contributed by atoms with Crippen molar-refractivity contribution < 1.29 is 23.5 Å². The number of carbonyl (C=O) groups is 1. The molecule has 1 fully saturated rings. The van der Waals surface area contributed by atoms with E-state index in [0.717, 1.165) is 17.0 Å². The zero-order valence-electron chi connectivity index (χ0n) is 16.4. The highest BCUT2D eigenvalue weighted by Crippen LogP contribution is 2.30. The summed E-state index contributed by atoms with van der Waals surface area (Å²) >= 11 is 0. The molecule has 27 heavy (non-hydrogen) atoms. The van der Waals surface area contributed by atoms with E-state index in [9.17, 15) is 4.79 Å². The van der Waals surface area contributed by atoms with Crippen molar-refractivity contribution in [2.24, 2.45) is 0 Å². The minimum absolute atomic E-state index is 0.0252. The van der Waals surface area contributed by atoms with Crippen LogP contribution >= 0.6 is 0 Å². The van der Waals surface area contributed by atoms with Crippen LogP contribution in [-0.4, -0.2) is 48.4 Å². The first-order chi connectivity index (χ1) is 12.9. The molecule has 1 aromatic heterocycles. The summed E-state index contributed by atoms with van der Waals surface area (Å²) in [5.74, 6) is 1.78. The summed E-state index contributed by atoms with van der Waals surface area (Å²) in [7, 11) is 1.56. The molecule has 146 valence electrons. The molecule has 1 amide bonds. The lowest BCUT2D eigenvalue weighted by molar-refractivity contribution is -0.0586. The van der Waals surface area contributed by atoms with E-state index < -0.39 is 0 Å². The Morgan fingerprint density at radius 2 is 1.93 bits per heavy atom. The van der Waals surface area contributed by atoms with Crippen LogP contribution < -0.4 is 9.47 Å². The summed E-state index contributed by atoms with van der Waals surface area (Å²) in [4.78, 5) is 14.7. The third-order valence-corrected chi connectivity index (χ3v) is 4.67. The Morgan fingerprint density at radius 3 is 2.52 bits per heavy atom. The Morgan fingerprint density at radius 1 is 1.22 bits per heavy atom. The van der Waals surface area contributed by atoms with Crippen molar-refractivity contribution in [3.05, 3.63) is 40.8 Å². The summed E-state index contributed by atoms with van der Waals surface area (Å²) in [5, 5.41) is 3.93. The summed E-state index contributed by atoms with van der Waals surface area (Å²) in [6, 6.07) is 5.24. The standard InChI is InChI=1S/C20H26N2O5/c1-12-9-22(10-13(2)26-12)20(23)16-6-7-18(19(8-16)24-5)25-11-17-14(3)21-27-15(17)4/h6-8,12-13H,9-11H2,1-5H3/t12-,13-/m1/s1. The van der Waals surface area contributed by atoms with Crippen molar-refractivity contribution in [3.63, 3.8) is 0 Å². The van der Waals surface area contributed by atoms with Gasteiger partial charge in [0.25, 0.3) is 5.91 Å². The van der Waals surface area contributed by atoms with Crippen LogP contribution in [0.1, 0.15) is 41.2 Å². The molecule has 0 N–H and O–H groups in total. The largest absolute Gasteiger partial charge is 0.493 e. The van der Waals surface area contributed by atoms with E-state index in [-0.39, 0.29) is 18.1 Å². The molecule has 1 aromatic carbocycles. The molecule has 2 atom stereocenters. The Bertz CT molecular complexity index is 787. The van der Waals surface area contributed by atoms with Gasteiger partial charge in [-0.15, -0.1) is 0 Å². The van der Waals surface area contributed by atoms with E-state index in [4.69, 9.17) is 18.7 Å². The van der Waals surface area contributed by atoms with Crippen LogP contribution in [0.2, 0.25) is 0 Å². The Labute approximate surface area is 159 Å². The van der Waals surface area contributed by atoms with Gasteiger partial charge in [0.2, 0.25) is 0 Å². The molecule has 1 aliphatic heterocycles. The zero-order chi connectivity index (χ0) is 19.6. The second-order valence-corrected chi connectivity index (χ2v) is 6.92. The van der Waals surface area contributed by atoms with E-state index >= 15 is 0 Å². The molecule has 7 heteroatoms. The molecule has 2 aromatic rings. The molecule has 0 radical (unpaired) electrons. The molecule has 2 heterocycles. The third kappa shape index (κ3) is 4.24. The fraction of sp³-hybridized carbons (Fsp3) is 0.500. The lowest BCUT2D eigenvalue weighted by Gasteiger charge is -2.35. The number of carbonyl (C=O) groups excluding carboxylic acids is 1. The minimum atomic E-state index is -0.0347. The van der Waals surface area contributed by atoms with Gasteiger partial charge >= 0.3 is 0 Å². The molecule has 1 saturated heterocycles. The number of hydrogen-bond acceptors (Lipinski definition) is 6. The highest BCUT2D eigenvalue weighted by Gasteiger charge is 2.27. The molecule has 0 unspecified atom stereocenters. The molecular formula is C20H26N2O5. The Hall–Kier alpha value is -2.54.